The summed E-state index contributed by atoms with van der Waals surface area (Å²) in [5.74, 6) is -0.204. The molecule has 0 saturated carbocycles. The number of hydrogen-bond donors (Lipinski definition) is 1. The van der Waals surface area contributed by atoms with E-state index in [1.54, 1.807) is 0 Å². The molecule has 1 fully saturated rings. The van der Waals surface area contributed by atoms with Crippen LogP contribution in [0.4, 0.5) is 11.4 Å². The van der Waals surface area contributed by atoms with E-state index in [1.807, 2.05) is 44.1 Å². The fraction of sp³-hybridized carbons (Fsp3) is 0.385. The molecule has 5 heteroatoms. The third kappa shape index (κ3) is 2.30. The van der Waals surface area contributed by atoms with Crippen LogP contribution in [0.1, 0.15) is 5.56 Å². The molecule has 2 rings (SSSR count). The number of aryl methyl sites for hydroxylation is 1. The highest BCUT2D eigenvalue weighted by atomic mass is 16.2. The maximum atomic E-state index is 11.8. The van der Waals surface area contributed by atoms with Gasteiger partial charge in [-0.05, 0) is 24.6 Å². The van der Waals surface area contributed by atoms with Crippen molar-refractivity contribution in [1.82, 2.24) is 5.32 Å². The molecule has 1 N–H and O–H groups in total. The number of benzene rings is 1. The van der Waals surface area contributed by atoms with E-state index in [9.17, 15) is 9.59 Å². The Morgan fingerprint density at radius 2 is 2.00 bits per heavy atom. The first kappa shape index (κ1) is 12.4. The molecule has 1 saturated heterocycles. The Balaban J connectivity index is 2.35. The largest absolute Gasteiger partial charge is 0.377 e. The molecule has 1 aliphatic rings. The number of piperazine rings is 1. The van der Waals surface area contributed by atoms with Crippen LogP contribution in [-0.4, -0.2) is 39.0 Å². The lowest BCUT2D eigenvalue weighted by Crippen LogP contribution is -2.51. The fourth-order valence-corrected chi connectivity index (χ4v) is 2.04. The van der Waals surface area contributed by atoms with E-state index in [2.05, 4.69) is 5.32 Å². The van der Waals surface area contributed by atoms with E-state index in [1.165, 1.54) is 4.90 Å². The highest BCUT2D eigenvalue weighted by Gasteiger charge is 2.24. The lowest BCUT2D eigenvalue weighted by Gasteiger charge is -2.28. The second-order valence-corrected chi connectivity index (χ2v) is 4.62. The molecule has 0 atom stereocenters. The molecule has 18 heavy (non-hydrogen) atoms. The number of hydrogen-bond acceptors (Lipinski definition) is 3. The normalized spacial score (nSPS) is 15.6. The van der Waals surface area contributed by atoms with Gasteiger partial charge in [0.15, 0.2) is 0 Å². The lowest BCUT2D eigenvalue weighted by molar-refractivity contribution is -0.128. The zero-order valence-electron chi connectivity index (χ0n) is 10.9. The van der Waals surface area contributed by atoms with Crippen molar-refractivity contribution in [2.45, 2.75) is 6.92 Å². The number of anilines is 2. The fourth-order valence-electron chi connectivity index (χ4n) is 2.04. The van der Waals surface area contributed by atoms with Gasteiger partial charge >= 0.3 is 0 Å². The monoisotopic (exact) mass is 247 g/mol. The van der Waals surface area contributed by atoms with Gasteiger partial charge in [0.1, 0.15) is 6.54 Å². The minimum Gasteiger partial charge on any atom is -0.377 e. The molecular weight excluding hydrogens is 230 g/mol. The van der Waals surface area contributed by atoms with Gasteiger partial charge in [-0.1, -0.05) is 6.07 Å². The number of amides is 2. The third-order valence-electron chi connectivity index (χ3n) is 3.03. The number of rotatable bonds is 2. The number of carbonyl (C=O) groups is 2. The predicted octanol–water partition coefficient (Wildman–Crippen LogP) is 0.524. The van der Waals surface area contributed by atoms with E-state index < -0.39 is 0 Å². The standard InChI is InChI=1S/C13H17N3O2/c1-9-4-5-10(6-11(9)15(2)3)16-8-12(17)14-7-13(16)18/h4-6H,7-8H2,1-3H3,(H,14,17). The first-order valence-corrected chi connectivity index (χ1v) is 5.84. The highest BCUT2D eigenvalue weighted by molar-refractivity contribution is 6.04. The van der Waals surface area contributed by atoms with Crippen LogP contribution in [-0.2, 0) is 9.59 Å². The van der Waals surface area contributed by atoms with Gasteiger partial charge in [0.2, 0.25) is 11.8 Å². The topological polar surface area (TPSA) is 52.7 Å². The molecule has 0 aromatic heterocycles. The summed E-state index contributed by atoms with van der Waals surface area (Å²) in [5.41, 5.74) is 2.95. The van der Waals surface area contributed by atoms with Gasteiger partial charge in [-0.25, -0.2) is 0 Å². The average molecular weight is 247 g/mol. The van der Waals surface area contributed by atoms with Crippen LogP contribution in [0.5, 0.6) is 0 Å². The van der Waals surface area contributed by atoms with Gasteiger partial charge < -0.3 is 15.1 Å². The van der Waals surface area contributed by atoms with Crippen molar-refractivity contribution in [3.8, 4) is 0 Å². The Bertz CT molecular complexity index is 497. The highest BCUT2D eigenvalue weighted by Crippen LogP contribution is 2.25. The molecule has 0 radical (unpaired) electrons. The summed E-state index contributed by atoms with van der Waals surface area (Å²) >= 11 is 0. The van der Waals surface area contributed by atoms with Gasteiger partial charge in [-0.3, -0.25) is 9.59 Å². The Morgan fingerprint density at radius 3 is 2.67 bits per heavy atom. The zero-order chi connectivity index (χ0) is 13.3. The van der Waals surface area contributed by atoms with Gasteiger partial charge in [0.05, 0.1) is 6.54 Å². The molecule has 1 heterocycles. The molecule has 0 bridgehead atoms. The Kier molecular flexibility index (Phi) is 3.23. The molecule has 0 unspecified atom stereocenters. The number of nitrogens with zero attached hydrogens (tertiary/aromatic N) is 2. The molecule has 5 nitrogen and oxygen atoms in total. The molecule has 2 amide bonds. The van der Waals surface area contributed by atoms with Crippen LogP contribution >= 0.6 is 0 Å². The predicted molar refractivity (Wildman–Crippen MR) is 70.9 cm³/mol. The zero-order valence-corrected chi connectivity index (χ0v) is 10.9. The lowest BCUT2D eigenvalue weighted by atomic mass is 10.1. The molecule has 1 aliphatic heterocycles. The van der Waals surface area contributed by atoms with E-state index in [0.717, 1.165) is 16.9 Å². The van der Waals surface area contributed by atoms with Crippen molar-refractivity contribution >= 4 is 23.2 Å². The van der Waals surface area contributed by atoms with Crippen molar-refractivity contribution in [3.05, 3.63) is 23.8 Å². The minimum absolute atomic E-state index is 0.0734. The second kappa shape index (κ2) is 4.68. The number of carbonyl (C=O) groups excluding carboxylic acids is 2. The quantitative estimate of drug-likeness (QED) is 0.829. The molecule has 0 aliphatic carbocycles. The van der Waals surface area contributed by atoms with E-state index in [-0.39, 0.29) is 24.9 Å². The van der Waals surface area contributed by atoms with Crippen LogP contribution < -0.4 is 15.1 Å². The van der Waals surface area contributed by atoms with E-state index >= 15 is 0 Å². The van der Waals surface area contributed by atoms with Crippen molar-refractivity contribution in [3.63, 3.8) is 0 Å². The first-order valence-electron chi connectivity index (χ1n) is 5.84. The summed E-state index contributed by atoms with van der Waals surface area (Å²) < 4.78 is 0. The van der Waals surface area contributed by atoms with Crippen molar-refractivity contribution < 1.29 is 9.59 Å². The van der Waals surface area contributed by atoms with Gasteiger partial charge in [0.25, 0.3) is 0 Å². The van der Waals surface area contributed by atoms with Crippen LogP contribution in [0, 0.1) is 6.92 Å². The summed E-state index contributed by atoms with van der Waals surface area (Å²) in [6.07, 6.45) is 0. The van der Waals surface area contributed by atoms with E-state index in [0.29, 0.717) is 0 Å². The van der Waals surface area contributed by atoms with Gasteiger partial charge in [-0.15, -0.1) is 0 Å². The van der Waals surface area contributed by atoms with Crippen molar-refractivity contribution in [2.75, 3.05) is 37.0 Å². The SMILES string of the molecule is Cc1ccc(N2CC(=O)NCC2=O)cc1N(C)C. The Morgan fingerprint density at radius 1 is 1.28 bits per heavy atom. The summed E-state index contributed by atoms with van der Waals surface area (Å²) in [4.78, 5) is 26.7. The first-order chi connectivity index (χ1) is 8.49. The summed E-state index contributed by atoms with van der Waals surface area (Å²) in [6.45, 7) is 2.18. The molecule has 96 valence electrons. The van der Waals surface area contributed by atoms with Crippen molar-refractivity contribution in [1.29, 1.82) is 0 Å². The molecule has 1 aromatic rings. The van der Waals surface area contributed by atoms with Gasteiger partial charge in [0, 0.05) is 25.5 Å². The van der Waals surface area contributed by atoms with Crippen LogP contribution in [0.15, 0.2) is 18.2 Å². The minimum atomic E-state index is -0.124. The third-order valence-corrected chi connectivity index (χ3v) is 3.03. The summed E-state index contributed by atoms with van der Waals surface area (Å²) in [5, 5.41) is 2.54. The molecule has 1 aromatic carbocycles. The van der Waals surface area contributed by atoms with Gasteiger partial charge in [-0.2, -0.15) is 0 Å². The molecular formula is C13H17N3O2. The van der Waals surface area contributed by atoms with Crippen LogP contribution in [0.3, 0.4) is 0 Å². The summed E-state index contributed by atoms with van der Waals surface area (Å²) in [7, 11) is 3.91. The maximum Gasteiger partial charge on any atom is 0.246 e. The average Bonchev–Trinajstić information content (AvgIpc) is 2.33. The molecule has 0 spiro atoms. The van der Waals surface area contributed by atoms with E-state index in [4.69, 9.17) is 0 Å². The van der Waals surface area contributed by atoms with Crippen LogP contribution in [0.2, 0.25) is 0 Å². The smallest absolute Gasteiger partial charge is 0.246 e. The number of nitrogens with one attached hydrogen (secondary N) is 1. The summed E-state index contributed by atoms with van der Waals surface area (Å²) in [6, 6.07) is 5.77. The van der Waals surface area contributed by atoms with Crippen molar-refractivity contribution in [2.24, 2.45) is 0 Å². The Labute approximate surface area is 106 Å². The maximum absolute atomic E-state index is 11.8. The Hall–Kier alpha value is -2.04. The van der Waals surface area contributed by atoms with Crippen LogP contribution in [0.25, 0.3) is 0 Å². The second-order valence-electron chi connectivity index (χ2n) is 4.62.